The van der Waals surface area contributed by atoms with Crippen LogP contribution in [0.4, 0.5) is 0 Å². The first-order valence-electron chi connectivity index (χ1n) is 7.27. The summed E-state index contributed by atoms with van der Waals surface area (Å²) in [6.07, 6.45) is 10.3. The molecule has 0 heterocycles. The summed E-state index contributed by atoms with van der Waals surface area (Å²) in [5, 5.41) is 8.81. The van der Waals surface area contributed by atoms with Crippen LogP contribution in [0.2, 0.25) is 0 Å². The van der Waals surface area contributed by atoms with Crippen molar-refractivity contribution in [2.75, 3.05) is 13.2 Å². The van der Waals surface area contributed by atoms with Gasteiger partial charge in [0.05, 0.1) is 13.2 Å². The largest absolute Gasteiger partial charge is 0.463 e. The van der Waals surface area contributed by atoms with E-state index in [2.05, 4.69) is 19.9 Å². The van der Waals surface area contributed by atoms with Crippen molar-refractivity contribution in [1.82, 2.24) is 0 Å². The monoisotopic (exact) mass is 280 g/mol. The van der Waals surface area contributed by atoms with Crippen LogP contribution in [0.25, 0.3) is 0 Å². The van der Waals surface area contributed by atoms with E-state index in [0.717, 1.165) is 24.8 Å². The summed E-state index contributed by atoms with van der Waals surface area (Å²) in [4.78, 5) is 11.1. The summed E-state index contributed by atoms with van der Waals surface area (Å²) < 4.78 is 4.82. The number of esters is 1. The molecule has 0 aromatic carbocycles. The zero-order chi connectivity index (χ0) is 15.4. The first-order valence-corrected chi connectivity index (χ1v) is 7.27. The normalized spacial score (nSPS) is 14.7. The van der Waals surface area contributed by atoms with Gasteiger partial charge in [-0.25, -0.2) is 4.79 Å². The number of carbonyl (C=O) groups excluding carboxylic acids is 1. The third-order valence-corrected chi connectivity index (χ3v) is 2.92. The molecule has 0 unspecified atom stereocenters. The second kappa shape index (κ2) is 11.5. The molecule has 3 nitrogen and oxygen atoms in total. The molecule has 114 valence electrons. The third kappa shape index (κ3) is 10.6. The first kappa shape index (κ1) is 18.7. The topological polar surface area (TPSA) is 46.5 Å². The Bertz CT molecular complexity index is 364. The minimum absolute atomic E-state index is 0.0871. The highest BCUT2D eigenvalue weighted by Gasteiger charge is 2.02. The molecule has 0 aromatic heterocycles. The van der Waals surface area contributed by atoms with Crippen LogP contribution < -0.4 is 0 Å². The van der Waals surface area contributed by atoms with Crippen molar-refractivity contribution >= 4 is 5.97 Å². The van der Waals surface area contributed by atoms with Gasteiger partial charge in [0.2, 0.25) is 0 Å². The number of ether oxygens (including phenoxy) is 1. The van der Waals surface area contributed by atoms with E-state index < -0.39 is 0 Å². The lowest BCUT2D eigenvalue weighted by molar-refractivity contribution is -0.137. The second-order valence-electron chi connectivity index (χ2n) is 5.16. The lowest BCUT2D eigenvalue weighted by Crippen LogP contribution is -1.99. The summed E-state index contributed by atoms with van der Waals surface area (Å²) in [5.41, 5.74) is 2.41. The number of allylic oxidation sites excluding steroid dienone is 4. The Morgan fingerprint density at radius 1 is 1.35 bits per heavy atom. The van der Waals surface area contributed by atoms with E-state index >= 15 is 0 Å². The number of rotatable bonds is 9. The zero-order valence-electron chi connectivity index (χ0n) is 13.2. The van der Waals surface area contributed by atoms with E-state index in [9.17, 15) is 4.79 Å². The fourth-order valence-electron chi connectivity index (χ4n) is 2.05. The third-order valence-electron chi connectivity index (χ3n) is 2.92. The highest BCUT2D eigenvalue weighted by Crippen LogP contribution is 2.17. The van der Waals surface area contributed by atoms with Crippen LogP contribution in [0.5, 0.6) is 0 Å². The molecule has 0 rings (SSSR count). The molecule has 0 aliphatic carbocycles. The van der Waals surface area contributed by atoms with Crippen LogP contribution in [0.15, 0.2) is 35.5 Å². The predicted molar refractivity (Wildman–Crippen MR) is 83.4 cm³/mol. The fourth-order valence-corrected chi connectivity index (χ4v) is 2.05. The molecule has 1 N–H and O–H groups in total. The van der Waals surface area contributed by atoms with Crippen LogP contribution in [-0.4, -0.2) is 24.3 Å². The summed E-state index contributed by atoms with van der Waals surface area (Å²) >= 11 is 0. The van der Waals surface area contributed by atoms with Gasteiger partial charge in [-0.3, -0.25) is 0 Å². The molecule has 0 saturated carbocycles. The van der Waals surface area contributed by atoms with Crippen LogP contribution in [-0.2, 0) is 9.53 Å². The maximum absolute atomic E-state index is 11.1. The Morgan fingerprint density at radius 3 is 2.65 bits per heavy atom. The van der Waals surface area contributed by atoms with E-state index in [0.29, 0.717) is 12.5 Å². The lowest BCUT2D eigenvalue weighted by Gasteiger charge is -2.10. The molecule has 0 aromatic rings. The summed E-state index contributed by atoms with van der Waals surface area (Å²) in [6.45, 7) is 8.62. The highest BCUT2D eigenvalue weighted by molar-refractivity contribution is 5.81. The van der Waals surface area contributed by atoms with Gasteiger partial charge in [0.25, 0.3) is 0 Å². The van der Waals surface area contributed by atoms with Crippen molar-refractivity contribution in [3.63, 3.8) is 0 Å². The summed E-state index contributed by atoms with van der Waals surface area (Å²) in [5.74, 6) is 0.306. The second-order valence-corrected chi connectivity index (χ2v) is 5.16. The Hall–Kier alpha value is -1.35. The SMILES string of the molecule is CCOC(=O)/C=C\CC[C@@H](C)C/C(C)=C/C(C)=C/CO. The Balaban J connectivity index is 4.02. The van der Waals surface area contributed by atoms with Crippen molar-refractivity contribution in [3.8, 4) is 0 Å². The fraction of sp³-hybridized carbons (Fsp3) is 0.588. The molecular weight excluding hydrogens is 252 g/mol. The van der Waals surface area contributed by atoms with E-state index in [1.165, 1.54) is 11.6 Å². The molecule has 0 saturated heterocycles. The number of carbonyl (C=O) groups is 1. The van der Waals surface area contributed by atoms with Gasteiger partial charge in [0.1, 0.15) is 0 Å². The van der Waals surface area contributed by atoms with Crippen molar-refractivity contribution < 1.29 is 14.6 Å². The van der Waals surface area contributed by atoms with Crippen molar-refractivity contribution in [2.24, 2.45) is 5.92 Å². The van der Waals surface area contributed by atoms with E-state index in [4.69, 9.17) is 9.84 Å². The Kier molecular flexibility index (Phi) is 10.7. The van der Waals surface area contributed by atoms with E-state index in [1.54, 1.807) is 13.0 Å². The number of aliphatic hydroxyl groups excluding tert-OH is 1. The van der Waals surface area contributed by atoms with Gasteiger partial charge in [0.15, 0.2) is 0 Å². The molecular formula is C17H28O3. The Morgan fingerprint density at radius 2 is 2.05 bits per heavy atom. The minimum Gasteiger partial charge on any atom is -0.463 e. The van der Waals surface area contributed by atoms with Crippen molar-refractivity contribution in [1.29, 1.82) is 0 Å². The van der Waals surface area contributed by atoms with Crippen LogP contribution in [0.3, 0.4) is 0 Å². The van der Waals surface area contributed by atoms with E-state index in [-0.39, 0.29) is 12.6 Å². The van der Waals surface area contributed by atoms with Crippen LogP contribution in [0.1, 0.15) is 47.0 Å². The first-order chi connectivity index (χ1) is 9.49. The molecule has 0 bridgehead atoms. The number of aliphatic hydroxyl groups is 1. The molecule has 0 fully saturated rings. The maximum Gasteiger partial charge on any atom is 0.330 e. The molecule has 1 atom stereocenters. The van der Waals surface area contributed by atoms with Gasteiger partial charge >= 0.3 is 5.97 Å². The molecule has 0 aliphatic heterocycles. The zero-order valence-corrected chi connectivity index (χ0v) is 13.2. The van der Waals surface area contributed by atoms with Gasteiger partial charge < -0.3 is 9.84 Å². The smallest absolute Gasteiger partial charge is 0.330 e. The van der Waals surface area contributed by atoms with Crippen molar-refractivity contribution in [3.05, 3.63) is 35.5 Å². The summed E-state index contributed by atoms with van der Waals surface area (Å²) in [6, 6.07) is 0. The molecule has 0 radical (unpaired) electrons. The average Bonchev–Trinajstić information content (AvgIpc) is 2.35. The molecule has 3 heteroatoms. The van der Waals surface area contributed by atoms with Crippen LogP contribution in [0, 0.1) is 5.92 Å². The Labute approximate surface area is 123 Å². The number of hydrogen-bond acceptors (Lipinski definition) is 3. The van der Waals surface area contributed by atoms with Gasteiger partial charge in [0, 0.05) is 6.08 Å². The quantitative estimate of drug-likeness (QED) is 0.397. The predicted octanol–water partition coefficient (Wildman–Crippen LogP) is 3.80. The number of hydrogen-bond donors (Lipinski definition) is 1. The highest BCUT2D eigenvalue weighted by atomic mass is 16.5. The lowest BCUT2D eigenvalue weighted by atomic mass is 9.96. The molecule has 0 spiro atoms. The minimum atomic E-state index is -0.263. The van der Waals surface area contributed by atoms with Crippen molar-refractivity contribution in [2.45, 2.75) is 47.0 Å². The van der Waals surface area contributed by atoms with Gasteiger partial charge in [-0.2, -0.15) is 0 Å². The summed E-state index contributed by atoms with van der Waals surface area (Å²) in [7, 11) is 0. The average molecular weight is 280 g/mol. The molecule has 20 heavy (non-hydrogen) atoms. The standard InChI is InChI=1S/C17H28O3/c1-5-20-17(19)9-7-6-8-14(2)12-16(4)13-15(3)10-11-18/h7,9-10,13-14,18H,5-6,8,11-12H2,1-4H3/b9-7-,15-10+,16-13+/t14-/m1/s1. The van der Waals surface area contributed by atoms with Crippen LogP contribution >= 0.6 is 0 Å². The van der Waals surface area contributed by atoms with Gasteiger partial charge in [-0.1, -0.05) is 36.3 Å². The maximum atomic E-state index is 11.1. The van der Waals surface area contributed by atoms with E-state index in [1.807, 2.05) is 13.0 Å². The molecule has 0 amide bonds. The molecule has 0 aliphatic rings. The van der Waals surface area contributed by atoms with Gasteiger partial charge in [-0.05, 0) is 46.0 Å². The van der Waals surface area contributed by atoms with Gasteiger partial charge in [-0.15, -0.1) is 0 Å².